The van der Waals surface area contributed by atoms with Crippen LogP contribution in [0.15, 0.2) is 30.3 Å². The van der Waals surface area contributed by atoms with Gasteiger partial charge in [-0.25, -0.2) is 0 Å². The number of aryl methyl sites for hydroxylation is 1. The number of carbonyl (C=O) groups is 3. The van der Waals surface area contributed by atoms with Gasteiger partial charge in [0.25, 0.3) is 11.8 Å². The van der Waals surface area contributed by atoms with E-state index >= 15 is 0 Å². The smallest absolute Gasteiger partial charge is 0.264 e. The predicted octanol–water partition coefficient (Wildman–Crippen LogP) is 3.60. The van der Waals surface area contributed by atoms with Crippen molar-refractivity contribution in [2.75, 3.05) is 18.4 Å². The summed E-state index contributed by atoms with van der Waals surface area (Å²) in [6, 6.07) is 7.72. The molecule has 3 N–H and O–H groups in total. The van der Waals surface area contributed by atoms with Crippen LogP contribution in [0.3, 0.4) is 0 Å². The minimum Gasteiger partial charge on any atom is -0.365 e. The zero-order valence-corrected chi connectivity index (χ0v) is 17.4. The molecule has 148 valence electrons. The Hall–Kier alpha value is -2.93. The molecule has 0 atom stereocenters. The highest BCUT2D eigenvalue weighted by atomic mass is 32.1. The lowest BCUT2D eigenvalue weighted by atomic mass is 10.1. The maximum Gasteiger partial charge on any atom is 0.264 e. The summed E-state index contributed by atoms with van der Waals surface area (Å²) < 4.78 is 0. The minimum absolute atomic E-state index is 0.175. The second-order valence-corrected chi connectivity index (χ2v) is 7.36. The Kier molecular flexibility index (Phi) is 7.12. The van der Waals surface area contributed by atoms with Crippen molar-refractivity contribution in [2.24, 2.45) is 5.73 Å². The van der Waals surface area contributed by atoms with Gasteiger partial charge in [0.05, 0.1) is 10.4 Å². The van der Waals surface area contributed by atoms with Gasteiger partial charge in [-0.05, 0) is 44.9 Å². The Balaban J connectivity index is 2.27. The monoisotopic (exact) mass is 399 g/mol. The first-order valence-electron chi connectivity index (χ1n) is 9.06. The Bertz CT molecular complexity index is 910. The van der Waals surface area contributed by atoms with Gasteiger partial charge in [0.15, 0.2) is 0 Å². The minimum atomic E-state index is -0.676. The maximum absolute atomic E-state index is 12.7. The van der Waals surface area contributed by atoms with Crippen LogP contribution in [0.2, 0.25) is 0 Å². The normalized spacial score (nSPS) is 10.9. The quantitative estimate of drug-likeness (QED) is 0.697. The molecule has 28 heavy (non-hydrogen) atoms. The third-order valence-corrected chi connectivity index (χ3v) is 5.57. The van der Waals surface area contributed by atoms with Gasteiger partial charge in [-0.15, -0.1) is 11.3 Å². The third-order valence-electron chi connectivity index (χ3n) is 4.38. The summed E-state index contributed by atoms with van der Waals surface area (Å²) in [5.74, 6) is -1.25. The Morgan fingerprint density at radius 1 is 1.11 bits per heavy atom. The van der Waals surface area contributed by atoms with Crippen LogP contribution < -0.4 is 11.1 Å². The highest BCUT2D eigenvalue weighted by molar-refractivity contribution is 7.18. The Labute approximate surface area is 169 Å². The van der Waals surface area contributed by atoms with E-state index in [2.05, 4.69) is 5.32 Å². The fourth-order valence-corrected chi connectivity index (χ4v) is 3.94. The number of nitrogens with zero attached hydrogens (tertiary/aromatic N) is 1. The molecular formula is C21H25N3O3S. The van der Waals surface area contributed by atoms with E-state index in [1.165, 1.54) is 6.08 Å². The van der Waals surface area contributed by atoms with E-state index in [0.29, 0.717) is 28.5 Å². The number of rotatable bonds is 7. The van der Waals surface area contributed by atoms with Gasteiger partial charge < -0.3 is 16.0 Å². The van der Waals surface area contributed by atoms with Crippen molar-refractivity contribution >= 4 is 40.1 Å². The average Bonchev–Trinajstić information content (AvgIpc) is 2.98. The van der Waals surface area contributed by atoms with Crippen molar-refractivity contribution in [1.82, 2.24) is 4.90 Å². The van der Waals surface area contributed by atoms with E-state index in [4.69, 9.17) is 5.73 Å². The molecule has 7 heteroatoms. The fourth-order valence-electron chi connectivity index (χ4n) is 2.76. The molecule has 0 spiro atoms. The first kappa shape index (κ1) is 21.4. The fraction of sp³-hybridized carbons (Fsp3) is 0.286. The SMILES string of the molecule is CCN(CC)C(=O)c1sc(NC(=O)C=Cc2ccc(C)cc2)c(C(N)=O)c1C. The van der Waals surface area contributed by atoms with Gasteiger partial charge in [0.1, 0.15) is 5.00 Å². The van der Waals surface area contributed by atoms with Gasteiger partial charge in [0.2, 0.25) is 5.91 Å². The van der Waals surface area contributed by atoms with Crippen LogP contribution in [0, 0.1) is 13.8 Å². The molecule has 1 aromatic carbocycles. The Morgan fingerprint density at radius 2 is 1.71 bits per heavy atom. The molecule has 0 fully saturated rings. The molecule has 3 amide bonds. The van der Waals surface area contributed by atoms with Crippen LogP contribution in [0.4, 0.5) is 5.00 Å². The summed E-state index contributed by atoms with van der Waals surface area (Å²) >= 11 is 1.08. The van der Waals surface area contributed by atoms with E-state index in [-0.39, 0.29) is 11.5 Å². The first-order chi connectivity index (χ1) is 13.3. The van der Waals surface area contributed by atoms with Gasteiger partial charge in [-0.1, -0.05) is 29.8 Å². The number of anilines is 1. The van der Waals surface area contributed by atoms with Gasteiger partial charge in [-0.2, -0.15) is 0 Å². The van der Waals surface area contributed by atoms with Gasteiger partial charge >= 0.3 is 0 Å². The number of hydrogen-bond acceptors (Lipinski definition) is 4. The zero-order chi connectivity index (χ0) is 20.8. The molecule has 0 unspecified atom stereocenters. The molecule has 0 radical (unpaired) electrons. The summed E-state index contributed by atoms with van der Waals surface area (Å²) in [4.78, 5) is 39.0. The number of hydrogen-bond donors (Lipinski definition) is 2. The molecule has 0 saturated carbocycles. The van der Waals surface area contributed by atoms with Crippen LogP contribution in [-0.2, 0) is 4.79 Å². The third kappa shape index (κ3) is 4.86. The molecule has 0 saturated heterocycles. The summed E-state index contributed by atoms with van der Waals surface area (Å²) in [5, 5.41) is 2.98. The summed E-state index contributed by atoms with van der Waals surface area (Å²) in [5.41, 5.74) is 8.19. The van der Waals surface area contributed by atoms with Crippen molar-refractivity contribution in [3.63, 3.8) is 0 Å². The number of thiophene rings is 1. The lowest BCUT2D eigenvalue weighted by Gasteiger charge is -2.17. The van der Waals surface area contributed by atoms with Crippen molar-refractivity contribution in [3.05, 3.63) is 57.5 Å². The van der Waals surface area contributed by atoms with E-state index < -0.39 is 11.8 Å². The molecule has 1 aromatic heterocycles. The van der Waals surface area contributed by atoms with Crippen LogP contribution in [0.25, 0.3) is 6.08 Å². The van der Waals surface area contributed by atoms with Crippen LogP contribution >= 0.6 is 11.3 Å². The lowest BCUT2D eigenvalue weighted by molar-refractivity contribution is -0.111. The zero-order valence-electron chi connectivity index (χ0n) is 16.5. The second kappa shape index (κ2) is 9.32. The largest absolute Gasteiger partial charge is 0.365 e. The van der Waals surface area contributed by atoms with E-state index in [1.54, 1.807) is 17.9 Å². The van der Waals surface area contributed by atoms with Gasteiger partial charge in [0, 0.05) is 19.2 Å². The number of benzene rings is 1. The molecule has 2 aromatic rings. The molecule has 1 heterocycles. The molecule has 6 nitrogen and oxygen atoms in total. The number of carbonyl (C=O) groups excluding carboxylic acids is 3. The highest BCUT2D eigenvalue weighted by Gasteiger charge is 2.26. The van der Waals surface area contributed by atoms with Crippen molar-refractivity contribution < 1.29 is 14.4 Å². The van der Waals surface area contributed by atoms with E-state index in [1.807, 2.05) is 45.0 Å². The van der Waals surface area contributed by atoms with Gasteiger partial charge in [-0.3, -0.25) is 14.4 Å². The Morgan fingerprint density at radius 3 is 2.25 bits per heavy atom. The summed E-state index contributed by atoms with van der Waals surface area (Å²) in [6.45, 7) is 8.54. The van der Waals surface area contributed by atoms with Crippen LogP contribution in [0.5, 0.6) is 0 Å². The molecule has 0 aliphatic carbocycles. The summed E-state index contributed by atoms with van der Waals surface area (Å²) in [7, 11) is 0. The molecule has 0 aliphatic rings. The summed E-state index contributed by atoms with van der Waals surface area (Å²) in [6.07, 6.45) is 3.07. The van der Waals surface area contributed by atoms with Crippen molar-refractivity contribution in [3.8, 4) is 0 Å². The average molecular weight is 400 g/mol. The number of primary amides is 1. The lowest BCUT2D eigenvalue weighted by Crippen LogP contribution is -2.30. The number of nitrogens with two attached hydrogens (primary N) is 1. The number of amides is 3. The van der Waals surface area contributed by atoms with E-state index in [9.17, 15) is 14.4 Å². The molecule has 0 bridgehead atoms. The van der Waals surface area contributed by atoms with E-state index in [0.717, 1.165) is 22.5 Å². The van der Waals surface area contributed by atoms with Crippen molar-refractivity contribution in [1.29, 1.82) is 0 Å². The molecule has 0 aliphatic heterocycles. The van der Waals surface area contributed by atoms with Crippen LogP contribution in [0.1, 0.15) is 50.6 Å². The topological polar surface area (TPSA) is 92.5 Å². The highest BCUT2D eigenvalue weighted by Crippen LogP contribution is 2.33. The van der Waals surface area contributed by atoms with Crippen molar-refractivity contribution in [2.45, 2.75) is 27.7 Å². The van der Waals surface area contributed by atoms with Crippen LogP contribution in [-0.4, -0.2) is 35.7 Å². The standard InChI is InChI=1S/C21H25N3O3S/c1-5-24(6-2)21(27)18-14(4)17(19(22)26)20(28-18)23-16(25)12-11-15-9-7-13(3)8-10-15/h7-12H,5-6H2,1-4H3,(H2,22,26)(H,23,25). The number of nitrogens with one attached hydrogen (secondary N) is 1. The second-order valence-electron chi connectivity index (χ2n) is 6.34. The molecular weight excluding hydrogens is 374 g/mol. The predicted molar refractivity (Wildman–Crippen MR) is 114 cm³/mol. The maximum atomic E-state index is 12.7. The first-order valence-corrected chi connectivity index (χ1v) is 9.88. The molecule has 2 rings (SSSR count).